The number of aromatic nitrogens is 4. The van der Waals surface area contributed by atoms with E-state index in [0.717, 1.165) is 19.0 Å². The molecule has 1 atom stereocenters. The molecular formula is C13H17N5S3. The lowest BCUT2D eigenvalue weighted by Gasteiger charge is -2.25. The van der Waals surface area contributed by atoms with Gasteiger partial charge in [0.15, 0.2) is 0 Å². The molecule has 2 aromatic rings. The molecule has 2 saturated heterocycles. The second kappa shape index (κ2) is 6.18. The maximum atomic E-state index is 4.31. The van der Waals surface area contributed by atoms with Crippen molar-refractivity contribution in [3.05, 3.63) is 22.4 Å². The smallest absolute Gasteiger partial charge is 0.246 e. The minimum absolute atomic E-state index is 0.435. The molecule has 4 heterocycles. The first-order valence-corrected chi connectivity index (χ1v) is 10.2. The van der Waals surface area contributed by atoms with Gasteiger partial charge >= 0.3 is 0 Å². The molecule has 21 heavy (non-hydrogen) atoms. The van der Waals surface area contributed by atoms with E-state index < -0.39 is 0 Å². The maximum Gasteiger partial charge on any atom is 0.246 e. The van der Waals surface area contributed by atoms with Crippen molar-refractivity contribution >= 4 is 40.8 Å². The van der Waals surface area contributed by atoms with Gasteiger partial charge in [0, 0.05) is 18.1 Å². The monoisotopic (exact) mass is 339 g/mol. The van der Waals surface area contributed by atoms with Crippen LogP contribution >= 0.6 is 34.9 Å². The van der Waals surface area contributed by atoms with E-state index in [1.807, 2.05) is 28.2 Å². The molecule has 0 saturated carbocycles. The van der Waals surface area contributed by atoms with Gasteiger partial charge in [0.2, 0.25) is 5.95 Å². The number of thiophene rings is 1. The summed E-state index contributed by atoms with van der Waals surface area (Å²) in [6.45, 7) is 1.95. The minimum Gasteiger partial charge on any atom is -0.333 e. The molecule has 0 aromatic carbocycles. The predicted octanol–water partition coefficient (Wildman–Crippen LogP) is 2.88. The second-order valence-electron chi connectivity index (χ2n) is 5.24. The van der Waals surface area contributed by atoms with Gasteiger partial charge in [-0.05, 0) is 45.7 Å². The van der Waals surface area contributed by atoms with Crippen LogP contribution < -0.4 is 4.90 Å². The van der Waals surface area contributed by atoms with E-state index in [1.54, 1.807) is 11.3 Å². The zero-order valence-electron chi connectivity index (χ0n) is 11.6. The van der Waals surface area contributed by atoms with Crippen molar-refractivity contribution in [1.29, 1.82) is 0 Å². The molecule has 2 aliphatic heterocycles. The van der Waals surface area contributed by atoms with Crippen molar-refractivity contribution in [2.75, 3.05) is 23.0 Å². The molecule has 0 N–H and O–H groups in total. The van der Waals surface area contributed by atoms with Crippen LogP contribution in [0.5, 0.6) is 0 Å². The first-order chi connectivity index (χ1) is 10.4. The van der Waals surface area contributed by atoms with Gasteiger partial charge < -0.3 is 4.90 Å². The molecule has 8 heteroatoms. The van der Waals surface area contributed by atoms with Crippen LogP contribution in [0.25, 0.3) is 0 Å². The van der Waals surface area contributed by atoms with Crippen LogP contribution in [0.4, 0.5) is 5.95 Å². The third-order valence-electron chi connectivity index (χ3n) is 3.96. The molecule has 0 bridgehead atoms. The van der Waals surface area contributed by atoms with Gasteiger partial charge in [-0.1, -0.05) is 5.10 Å². The fourth-order valence-corrected chi connectivity index (χ4v) is 6.45. The van der Waals surface area contributed by atoms with E-state index in [1.165, 1.54) is 29.9 Å². The largest absolute Gasteiger partial charge is 0.333 e. The highest BCUT2D eigenvalue weighted by Gasteiger charge is 2.31. The van der Waals surface area contributed by atoms with Gasteiger partial charge in [-0.2, -0.15) is 11.3 Å². The summed E-state index contributed by atoms with van der Waals surface area (Å²) in [5, 5.41) is 16.9. The first-order valence-electron chi connectivity index (χ1n) is 7.20. The predicted molar refractivity (Wildman–Crippen MR) is 90.2 cm³/mol. The van der Waals surface area contributed by atoms with E-state index in [0.29, 0.717) is 10.6 Å². The standard InChI is InChI=1S/C13H17N5S3/c1-2-11(10-3-5-19-9-10)17(4-1)13-14-15-16-18(13)8-12-20-6-7-21-12/h3,5,9,11-12H,1-2,4,6-8H2. The summed E-state index contributed by atoms with van der Waals surface area (Å²) in [6, 6.07) is 2.66. The number of rotatable bonds is 4. The number of nitrogens with zero attached hydrogens (tertiary/aromatic N) is 5. The molecule has 0 amide bonds. The van der Waals surface area contributed by atoms with Crippen molar-refractivity contribution < 1.29 is 0 Å². The third kappa shape index (κ3) is 2.80. The molecule has 0 aliphatic carbocycles. The summed E-state index contributed by atoms with van der Waals surface area (Å²) in [6.07, 6.45) is 2.40. The van der Waals surface area contributed by atoms with Crippen LogP contribution in [0.2, 0.25) is 0 Å². The van der Waals surface area contributed by atoms with Crippen molar-refractivity contribution in [2.24, 2.45) is 0 Å². The Kier molecular flexibility index (Phi) is 4.09. The summed E-state index contributed by atoms with van der Waals surface area (Å²) in [4.78, 5) is 2.38. The molecule has 2 fully saturated rings. The van der Waals surface area contributed by atoms with E-state index in [2.05, 4.69) is 37.3 Å². The number of hydrogen-bond donors (Lipinski definition) is 0. The molecule has 5 nitrogen and oxygen atoms in total. The fraction of sp³-hybridized carbons (Fsp3) is 0.615. The highest BCUT2D eigenvalue weighted by atomic mass is 32.2. The number of thioether (sulfide) groups is 2. The molecule has 2 aromatic heterocycles. The van der Waals surface area contributed by atoms with Crippen molar-refractivity contribution in [3.8, 4) is 0 Å². The summed E-state index contributed by atoms with van der Waals surface area (Å²) < 4.78 is 2.59. The molecule has 2 aliphatic rings. The molecule has 0 radical (unpaired) electrons. The SMILES string of the molecule is c1cc(C2CCCN2c2nnnn2CC2SCCS2)cs1. The van der Waals surface area contributed by atoms with Gasteiger partial charge in [-0.25, -0.2) is 4.68 Å². The van der Waals surface area contributed by atoms with Crippen LogP contribution in [-0.4, -0.2) is 42.8 Å². The lowest BCUT2D eigenvalue weighted by molar-refractivity contribution is 0.598. The zero-order chi connectivity index (χ0) is 14.1. The summed E-state index contributed by atoms with van der Waals surface area (Å²) >= 11 is 5.80. The van der Waals surface area contributed by atoms with Crippen LogP contribution in [0.3, 0.4) is 0 Å². The van der Waals surface area contributed by atoms with Crippen molar-refractivity contribution in [3.63, 3.8) is 0 Å². The Balaban J connectivity index is 1.56. The highest BCUT2D eigenvalue weighted by Crippen LogP contribution is 2.37. The normalized spacial score (nSPS) is 23.2. The topological polar surface area (TPSA) is 46.8 Å². The fourth-order valence-electron chi connectivity index (χ4n) is 2.99. The van der Waals surface area contributed by atoms with Gasteiger partial charge in [0.25, 0.3) is 0 Å². The maximum absolute atomic E-state index is 4.31. The Morgan fingerprint density at radius 2 is 2.19 bits per heavy atom. The summed E-state index contributed by atoms with van der Waals surface area (Å²) in [5.41, 5.74) is 1.40. The van der Waals surface area contributed by atoms with E-state index >= 15 is 0 Å². The Hall–Kier alpha value is -0.730. The van der Waals surface area contributed by atoms with Gasteiger partial charge in [0.05, 0.1) is 17.2 Å². The summed E-state index contributed by atoms with van der Waals surface area (Å²) in [7, 11) is 0. The lowest BCUT2D eigenvalue weighted by atomic mass is 10.1. The van der Waals surface area contributed by atoms with Crippen LogP contribution in [0, 0.1) is 0 Å². The summed E-state index contributed by atoms with van der Waals surface area (Å²) in [5.74, 6) is 3.43. The minimum atomic E-state index is 0.435. The molecule has 4 rings (SSSR count). The molecule has 0 spiro atoms. The Bertz CT molecular complexity index is 578. The Morgan fingerprint density at radius 1 is 1.29 bits per heavy atom. The van der Waals surface area contributed by atoms with E-state index in [4.69, 9.17) is 0 Å². The van der Waals surface area contributed by atoms with E-state index in [9.17, 15) is 0 Å². The van der Waals surface area contributed by atoms with Crippen molar-refractivity contribution in [1.82, 2.24) is 20.2 Å². The number of tetrazole rings is 1. The second-order valence-corrected chi connectivity index (χ2v) is 8.94. The molecule has 112 valence electrons. The Morgan fingerprint density at radius 3 is 3.00 bits per heavy atom. The lowest BCUT2D eigenvalue weighted by Crippen LogP contribution is -2.27. The van der Waals surface area contributed by atoms with Gasteiger partial charge in [-0.15, -0.1) is 23.5 Å². The third-order valence-corrected chi connectivity index (χ3v) is 7.66. The van der Waals surface area contributed by atoms with Crippen molar-refractivity contribution in [2.45, 2.75) is 30.0 Å². The quantitative estimate of drug-likeness (QED) is 0.853. The van der Waals surface area contributed by atoms with Gasteiger partial charge in [-0.3, -0.25) is 0 Å². The molecular weight excluding hydrogens is 322 g/mol. The van der Waals surface area contributed by atoms with Crippen LogP contribution in [-0.2, 0) is 6.54 Å². The van der Waals surface area contributed by atoms with Crippen LogP contribution in [0.15, 0.2) is 16.8 Å². The number of hydrogen-bond acceptors (Lipinski definition) is 7. The Labute approximate surface area is 136 Å². The number of anilines is 1. The zero-order valence-corrected chi connectivity index (χ0v) is 14.0. The molecule has 1 unspecified atom stereocenters. The average Bonchev–Trinajstić information content (AvgIpc) is 3.28. The highest BCUT2D eigenvalue weighted by molar-refractivity contribution is 8.20. The van der Waals surface area contributed by atoms with E-state index in [-0.39, 0.29) is 0 Å². The van der Waals surface area contributed by atoms with Crippen LogP contribution in [0.1, 0.15) is 24.4 Å². The first kappa shape index (κ1) is 13.9. The average molecular weight is 340 g/mol. The van der Waals surface area contributed by atoms with Gasteiger partial charge in [0.1, 0.15) is 0 Å².